The lowest BCUT2D eigenvalue weighted by Crippen LogP contribution is -1.98. The highest BCUT2D eigenvalue weighted by Crippen LogP contribution is 2.29. The van der Waals surface area contributed by atoms with E-state index in [9.17, 15) is 4.79 Å². The zero-order chi connectivity index (χ0) is 7.72. The van der Waals surface area contributed by atoms with Crippen LogP contribution in [0.5, 0.6) is 0 Å². The summed E-state index contributed by atoms with van der Waals surface area (Å²) >= 11 is 0. The van der Waals surface area contributed by atoms with E-state index in [1.165, 1.54) is 0 Å². The average Bonchev–Trinajstić information content (AvgIpc) is 2.14. The quantitative estimate of drug-likeness (QED) is 0.599. The molecule has 54 valence electrons. The summed E-state index contributed by atoms with van der Waals surface area (Å²) in [7, 11) is 0. The summed E-state index contributed by atoms with van der Waals surface area (Å²) in [6.45, 7) is 5.56. The normalized spacial score (nSPS) is 18.3. The molecule has 0 fully saturated rings. The summed E-state index contributed by atoms with van der Waals surface area (Å²) in [5.74, 6) is -0.795. The molecule has 0 amide bonds. The number of aliphatic carboxylic acids is 1. The van der Waals surface area contributed by atoms with Gasteiger partial charge >= 0.3 is 5.97 Å². The van der Waals surface area contributed by atoms with Crippen molar-refractivity contribution < 1.29 is 9.90 Å². The first-order chi connectivity index (χ1) is 4.63. The third kappa shape index (κ3) is 0.967. The molecule has 0 saturated carbocycles. The second-order valence-electron chi connectivity index (χ2n) is 2.51. The molecular weight excluding hydrogens is 128 g/mol. The molecular formula is C8H10O2. The first kappa shape index (κ1) is 7.06. The van der Waals surface area contributed by atoms with Gasteiger partial charge in [-0.25, -0.2) is 4.79 Å². The molecule has 1 aliphatic rings. The Balaban J connectivity index is 2.96. The van der Waals surface area contributed by atoms with Gasteiger partial charge in [-0.3, -0.25) is 0 Å². The Hall–Kier alpha value is -1.05. The molecule has 0 heterocycles. The maximum absolute atomic E-state index is 10.5. The van der Waals surface area contributed by atoms with Gasteiger partial charge in [0.05, 0.1) is 0 Å². The van der Waals surface area contributed by atoms with Gasteiger partial charge in [0.15, 0.2) is 0 Å². The highest BCUT2D eigenvalue weighted by atomic mass is 16.4. The predicted octanol–water partition coefficient (Wildman–Crippen LogP) is 1.74. The summed E-state index contributed by atoms with van der Waals surface area (Å²) in [6, 6.07) is 0. The number of rotatable bonds is 1. The largest absolute Gasteiger partial charge is 0.478 e. The van der Waals surface area contributed by atoms with Crippen molar-refractivity contribution in [2.75, 3.05) is 0 Å². The first-order valence-corrected chi connectivity index (χ1v) is 3.24. The van der Waals surface area contributed by atoms with Gasteiger partial charge in [0.1, 0.15) is 0 Å². The van der Waals surface area contributed by atoms with Crippen LogP contribution in [0.25, 0.3) is 0 Å². The van der Waals surface area contributed by atoms with Crippen LogP contribution in [-0.4, -0.2) is 11.1 Å². The topological polar surface area (TPSA) is 37.3 Å². The molecule has 1 rings (SSSR count). The lowest BCUT2D eigenvalue weighted by Gasteiger charge is -1.94. The smallest absolute Gasteiger partial charge is 0.331 e. The zero-order valence-corrected chi connectivity index (χ0v) is 5.98. The van der Waals surface area contributed by atoms with Gasteiger partial charge in [0.25, 0.3) is 0 Å². The Kier molecular flexibility index (Phi) is 1.62. The monoisotopic (exact) mass is 138 g/mol. The molecule has 0 spiro atoms. The molecule has 0 aromatic heterocycles. The maximum Gasteiger partial charge on any atom is 0.331 e. The van der Waals surface area contributed by atoms with Crippen molar-refractivity contribution in [3.63, 3.8) is 0 Å². The Labute approximate surface area is 59.9 Å². The highest BCUT2D eigenvalue weighted by molar-refractivity contribution is 5.89. The van der Waals surface area contributed by atoms with Crippen molar-refractivity contribution in [1.82, 2.24) is 0 Å². The van der Waals surface area contributed by atoms with Crippen LogP contribution in [0, 0.1) is 0 Å². The summed E-state index contributed by atoms with van der Waals surface area (Å²) in [5, 5.41) is 8.60. The van der Waals surface area contributed by atoms with Crippen molar-refractivity contribution in [3.05, 3.63) is 23.3 Å². The SMILES string of the molecule is C=C1CCC(C(=O)O)=C1C. The van der Waals surface area contributed by atoms with Crippen LogP contribution < -0.4 is 0 Å². The van der Waals surface area contributed by atoms with Gasteiger partial charge < -0.3 is 5.11 Å². The van der Waals surface area contributed by atoms with Gasteiger partial charge in [-0.15, -0.1) is 0 Å². The second-order valence-corrected chi connectivity index (χ2v) is 2.51. The number of carbonyl (C=O) groups is 1. The molecule has 0 bridgehead atoms. The van der Waals surface area contributed by atoms with E-state index in [2.05, 4.69) is 6.58 Å². The Morgan fingerprint density at radius 1 is 1.60 bits per heavy atom. The molecule has 0 radical (unpaired) electrons. The van der Waals surface area contributed by atoms with Crippen molar-refractivity contribution in [3.8, 4) is 0 Å². The molecule has 1 aliphatic carbocycles. The molecule has 2 nitrogen and oxygen atoms in total. The lowest BCUT2D eigenvalue weighted by molar-refractivity contribution is -0.132. The number of carboxylic acid groups (broad SMARTS) is 1. The Morgan fingerprint density at radius 3 is 2.40 bits per heavy atom. The van der Waals surface area contributed by atoms with E-state index < -0.39 is 5.97 Å². The van der Waals surface area contributed by atoms with E-state index in [0.717, 1.165) is 17.6 Å². The van der Waals surface area contributed by atoms with Crippen LogP contribution in [0.3, 0.4) is 0 Å². The summed E-state index contributed by atoms with van der Waals surface area (Å²) in [6.07, 6.45) is 1.47. The molecule has 10 heavy (non-hydrogen) atoms. The van der Waals surface area contributed by atoms with Gasteiger partial charge in [0, 0.05) is 5.57 Å². The zero-order valence-electron chi connectivity index (χ0n) is 5.98. The van der Waals surface area contributed by atoms with Crippen LogP contribution >= 0.6 is 0 Å². The standard InChI is InChI=1S/C8H10O2/c1-5-3-4-7(6(5)2)8(9)10/h1,3-4H2,2H3,(H,9,10). The van der Waals surface area contributed by atoms with Crippen LogP contribution in [0.4, 0.5) is 0 Å². The van der Waals surface area contributed by atoms with E-state index in [1.807, 2.05) is 6.92 Å². The predicted molar refractivity (Wildman–Crippen MR) is 38.7 cm³/mol. The molecule has 2 heteroatoms. The maximum atomic E-state index is 10.5. The minimum atomic E-state index is -0.795. The van der Waals surface area contributed by atoms with Gasteiger partial charge in [-0.05, 0) is 25.3 Å². The van der Waals surface area contributed by atoms with E-state index in [-0.39, 0.29) is 0 Å². The highest BCUT2D eigenvalue weighted by Gasteiger charge is 2.19. The van der Waals surface area contributed by atoms with Crippen LogP contribution in [-0.2, 0) is 4.79 Å². The molecule has 1 N–H and O–H groups in total. The third-order valence-electron chi connectivity index (χ3n) is 1.92. The third-order valence-corrected chi connectivity index (χ3v) is 1.92. The van der Waals surface area contributed by atoms with E-state index in [4.69, 9.17) is 5.11 Å². The number of allylic oxidation sites excluding steroid dienone is 2. The molecule has 0 aliphatic heterocycles. The number of hydrogen-bond donors (Lipinski definition) is 1. The average molecular weight is 138 g/mol. The van der Waals surface area contributed by atoms with E-state index in [1.54, 1.807) is 0 Å². The molecule has 0 unspecified atom stereocenters. The van der Waals surface area contributed by atoms with Crippen LogP contribution in [0.15, 0.2) is 23.3 Å². The van der Waals surface area contributed by atoms with Crippen LogP contribution in [0.1, 0.15) is 19.8 Å². The Bertz CT molecular complexity index is 223. The second kappa shape index (κ2) is 2.29. The molecule has 0 saturated heterocycles. The fraction of sp³-hybridized carbons (Fsp3) is 0.375. The van der Waals surface area contributed by atoms with Crippen molar-refractivity contribution in [2.45, 2.75) is 19.8 Å². The van der Waals surface area contributed by atoms with Gasteiger partial charge in [-0.1, -0.05) is 12.2 Å². The first-order valence-electron chi connectivity index (χ1n) is 3.24. The number of hydrogen-bond acceptors (Lipinski definition) is 1. The van der Waals surface area contributed by atoms with Gasteiger partial charge in [0.2, 0.25) is 0 Å². The lowest BCUT2D eigenvalue weighted by atomic mass is 10.1. The molecule has 0 aromatic carbocycles. The number of carboxylic acids is 1. The van der Waals surface area contributed by atoms with Crippen LogP contribution in [0.2, 0.25) is 0 Å². The van der Waals surface area contributed by atoms with Gasteiger partial charge in [-0.2, -0.15) is 0 Å². The van der Waals surface area contributed by atoms with Crippen molar-refractivity contribution >= 4 is 5.97 Å². The Morgan fingerprint density at radius 2 is 2.20 bits per heavy atom. The fourth-order valence-corrected chi connectivity index (χ4v) is 1.13. The summed E-state index contributed by atoms with van der Waals surface area (Å²) in [4.78, 5) is 10.5. The molecule has 0 atom stereocenters. The van der Waals surface area contributed by atoms with Crippen molar-refractivity contribution in [2.24, 2.45) is 0 Å². The summed E-state index contributed by atoms with van der Waals surface area (Å²) < 4.78 is 0. The minimum absolute atomic E-state index is 0.532. The summed E-state index contributed by atoms with van der Waals surface area (Å²) in [5.41, 5.74) is 2.37. The minimum Gasteiger partial charge on any atom is -0.478 e. The van der Waals surface area contributed by atoms with Crippen molar-refractivity contribution in [1.29, 1.82) is 0 Å². The van der Waals surface area contributed by atoms with E-state index >= 15 is 0 Å². The molecule has 0 aromatic rings. The van der Waals surface area contributed by atoms with E-state index in [0.29, 0.717) is 12.0 Å². The fourth-order valence-electron chi connectivity index (χ4n) is 1.13.